The third kappa shape index (κ3) is 5.33. The fraction of sp³-hybridized carbons (Fsp3) is 0.258. The molecule has 2 amide bonds. The van der Waals surface area contributed by atoms with Gasteiger partial charge in [0.25, 0.3) is 12.3 Å². The topological polar surface area (TPSA) is 120 Å². The van der Waals surface area contributed by atoms with E-state index in [9.17, 15) is 36.3 Å². The van der Waals surface area contributed by atoms with Crippen LogP contribution in [-0.2, 0) is 17.8 Å². The number of pyridine rings is 1. The summed E-state index contributed by atoms with van der Waals surface area (Å²) in [5, 5.41) is 6.70. The number of ketones is 1. The number of hydrogen-bond acceptors (Lipinski definition) is 5. The Balaban J connectivity index is 1.37. The van der Waals surface area contributed by atoms with Gasteiger partial charge in [0.05, 0.1) is 28.6 Å². The van der Waals surface area contributed by atoms with Crippen LogP contribution in [0.15, 0.2) is 54.7 Å². The van der Waals surface area contributed by atoms with Gasteiger partial charge in [0.2, 0.25) is 5.91 Å². The van der Waals surface area contributed by atoms with Gasteiger partial charge in [0, 0.05) is 29.7 Å². The van der Waals surface area contributed by atoms with E-state index in [-0.39, 0.29) is 40.6 Å². The largest absolute Gasteiger partial charge is 0.366 e. The molecule has 13 heteroatoms. The van der Waals surface area contributed by atoms with E-state index in [0.717, 1.165) is 22.9 Å². The van der Waals surface area contributed by atoms with E-state index in [0.29, 0.717) is 35.7 Å². The molecule has 1 atom stereocenters. The van der Waals surface area contributed by atoms with Crippen LogP contribution in [0.5, 0.6) is 0 Å². The third-order valence-corrected chi connectivity index (χ3v) is 8.07. The molecule has 2 heterocycles. The quantitative estimate of drug-likeness (QED) is 0.253. The summed E-state index contributed by atoms with van der Waals surface area (Å²) in [6.07, 6.45) is -0.756. The van der Waals surface area contributed by atoms with Crippen LogP contribution >= 0.6 is 0 Å². The lowest BCUT2D eigenvalue weighted by atomic mass is 9.63. The Morgan fingerprint density at radius 3 is 2.41 bits per heavy atom. The minimum absolute atomic E-state index is 0.124. The third-order valence-electron chi connectivity index (χ3n) is 8.07. The lowest BCUT2D eigenvalue weighted by Gasteiger charge is -2.40. The molecule has 2 bridgehead atoms. The number of carbonyl (C=O) groups is 3. The summed E-state index contributed by atoms with van der Waals surface area (Å²) in [5.74, 6) is -5.12. The first-order valence-electron chi connectivity index (χ1n) is 13.7. The zero-order chi connectivity index (χ0) is 31.3. The van der Waals surface area contributed by atoms with E-state index in [2.05, 4.69) is 15.4 Å². The lowest BCUT2D eigenvalue weighted by Crippen LogP contribution is -2.39. The number of halogens is 5. The number of nitrogens with one attached hydrogen (secondary N) is 1. The molecule has 3 N–H and O–H groups in total. The van der Waals surface area contributed by atoms with Crippen LogP contribution in [0.3, 0.4) is 0 Å². The molecular weight excluding hydrogens is 585 g/mol. The molecule has 2 aromatic heterocycles. The summed E-state index contributed by atoms with van der Waals surface area (Å²) in [6.45, 7) is -0.512. The molecule has 1 saturated carbocycles. The van der Waals surface area contributed by atoms with E-state index in [1.54, 1.807) is 12.1 Å². The number of carbonyl (C=O) groups excluding carboxylic acids is 3. The highest BCUT2D eigenvalue weighted by molar-refractivity contribution is 6.03. The Morgan fingerprint density at radius 1 is 1.00 bits per heavy atom. The van der Waals surface area contributed by atoms with Crippen molar-refractivity contribution >= 4 is 17.6 Å². The zero-order valence-corrected chi connectivity index (χ0v) is 22.9. The maximum absolute atomic E-state index is 14.2. The Bertz CT molecular complexity index is 1800. The van der Waals surface area contributed by atoms with Gasteiger partial charge in [-0.05, 0) is 60.7 Å². The molecule has 2 aromatic carbocycles. The number of aromatic nitrogens is 3. The average Bonchev–Trinajstić information content (AvgIpc) is 3.32. The first-order chi connectivity index (χ1) is 21.0. The lowest BCUT2D eigenvalue weighted by molar-refractivity contribution is -0.122. The van der Waals surface area contributed by atoms with Crippen molar-refractivity contribution in [2.24, 2.45) is 11.7 Å². The van der Waals surface area contributed by atoms with Gasteiger partial charge in [-0.25, -0.2) is 22.0 Å². The highest BCUT2D eigenvalue weighted by Gasteiger charge is 2.48. The van der Waals surface area contributed by atoms with Crippen molar-refractivity contribution in [1.82, 2.24) is 20.1 Å². The normalized spacial score (nSPS) is 17.6. The van der Waals surface area contributed by atoms with Crippen LogP contribution in [-0.4, -0.2) is 32.4 Å². The van der Waals surface area contributed by atoms with E-state index < -0.39 is 59.8 Å². The molecule has 0 unspecified atom stereocenters. The molecule has 0 spiro atoms. The molecule has 0 saturated heterocycles. The van der Waals surface area contributed by atoms with Crippen LogP contribution in [0.25, 0.3) is 11.1 Å². The van der Waals surface area contributed by atoms with E-state index in [4.69, 9.17) is 5.73 Å². The maximum atomic E-state index is 14.2. The predicted octanol–water partition coefficient (Wildman–Crippen LogP) is 5.19. The number of amides is 2. The van der Waals surface area contributed by atoms with Gasteiger partial charge in [-0.15, -0.1) is 0 Å². The number of nitrogens with two attached hydrogens (primary N) is 1. The van der Waals surface area contributed by atoms with Gasteiger partial charge in [-0.3, -0.25) is 24.0 Å². The molecule has 0 radical (unpaired) electrons. The van der Waals surface area contributed by atoms with Crippen molar-refractivity contribution in [3.05, 3.63) is 106 Å². The van der Waals surface area contributed by atoms with Gasteiger partial charge < -0.3 is 11.1 Å². The molecule has 0 aliphatic heterocycles. The Kier molecular flexibility index (Phi) is 7.48. The SMILES string of the molecule is NC(=O)c1cc(-c2cccnc2[C@H](Cc2cc(F)cc(F)c2)NC(=O)Cn2nc(C(F)F)c3c2C2CC(C2)C3=O)ccc1F. The monoisotopic (exact) mass is 609 g/mol. The van der Waals surface area contributed by atoms with Crippen LogP contribution in [0.2, 0.25) is 0 Å². The second-order valence-electron chi connectivity index (χ2n) is 10.9. The van der Waals surface area contributed by atoms with Crippen LogP contribution < -0.4 is 11.1 Å². The number of primary amides is 1. The molecule has 3 aliphatic carbocycles. The zero-order valence-electron chi connectivity index (χ0n) is 22.9. The number of nitrogens with zero attached hydrogens (tertiary/aromatic N) is 3. The Hall–Kier alpha value is -4.94. The molecule has 4 aromatic rings. The second kappa shape index (κ2) is 11.3. The summed E-state index contributed by atoms with van der Waals surface area (Å²) in [6, 6.07) is 8.66. The average molecular weight is 610 g/mol. The smallest absolute Gasteiger partial charge is 0.282 e. The van der Waals surface area contributed by atoms with Crippen molar-refractivity contribution in [3.8, 4) is 11.1 Å². The highest BCUT2D eigenvalue weighted by atomic mass is 19.3. The van der Waals surface area contributed by atoms with Gasteiger partial charge >= 0.3 is 0 Å². The summed E-state index contributed by atoms with van der Waals surface area (Å²) >= 11 is 0. The summed E-state index contributed by atoms with van der Waals surface area (Å²) in [7, 11) is 0. The van der Waals surface area contributed by atoms with Gasteiger partial charge in [-0.2, -0.15) is 5.10 Å². The first kappa shape index (κ1) is 29.1. The molecule has 226 valence electrons. The molecule has 44 heavy (non-hydrogen) atoms. The van der Waals surface area contributed by atoms with E-state index >= 15 is 0 Å². The fourth-order valence-corrected chi connectivity index (χ4v) is 6.07. The summed E-state index contributed by atoms with van der Waals surface area (Å²) in [4.78, 5) is 42.4. The summed E-state index contributed by atoms with van der Waals surface area (Å²) in [5.41, 5.74) is 5.53. The van der Waals surface area contributed by atoms with Gasteiger partial charge in [0.15, 0.2) is 5.78 Å². The van der Waals surface area contributed by atoms with Crippen molar-refractivity contribution in [2.45, 2.75) is 44.2 Å². The predicted molar refractivity (Wildman–Crippen MR) is 146 cm³/mol. The number of alkyl halides is 2. The van der Waals surface area contributed by atoms with Crippen LogP contribution in [0.4, 0.5) is 22.0 Å². The van der Waals surface area contributed by atoms with Gasteiger partial charge in [-0.1, -0.05) is 12.1 Å². The highest BCUT2D eigenvalue weighted by Crippen LogP contribution is 2.51. The maximum Gasteiger partial charge on any atom is 0.282 e. The summed E-state index contributed by atoms with van der Waals surface area (Å²) < 4.78 is 71.2. The standard InChI is InChI=1S/C31H24F5N5O3/c32-18-6-14(7-19(33)12-18)8-23(26-20(2-1-5-38-26)15-3-4-22(34)21(11-15)31(37)44)39-24(42)13-41-28-16-9-17(10-16)29(43)25(28)27(40-41)30(35)36/h1-7,11-12,16-17,23,30H,8-10,13H2,(H2,37,44)(H,39,42)/t16?,17?,23-/m0/s1. The number of Topliss-reactive ketones (excluding diaryl/α,β-unsaturated/α-hetero) is 1. The second-order valence-corrected chi connectivity index (χ2v) is 10.9. The van der Waals surface area contributed by atoms with Crippen molar-refractivity contribution in [2.75, 3.05) is 0 Å². The van der Waals surface area contributed by atoms with E-state index in [1.807, 2.05) is 0 Å². The molecular formula is C31H24F5N5O3. The number of hydrogen-bond donors (Lipinski definition) is 2. The van der Waals surface area contributed by atoms with E-state index in [1.165, 1.54) is 18.3 Å². The van der Waals surface area contributed by atoms with Gasteiger partial charge in [0.1, 0.15) is 29.7 Å². The number of rotatable bonds is 9. The molecule has 7 rings (SSSR count). The molecule has 3 aliphatic rings. The Morgan fingerprint density at radius 2 is 1.73 bits per heavy atom. The molecule has 8 nitrogen and oxygen atoms in total. The fourth-order valence-electron chi connectivity index (χ4n) is 6.07. The minimum atomic E-state index is -3.01. The van der Waals surface area contributed by atoms with Crippen molar-refractivity contribution in [1.29, 1.82) is 0 Å². The van der Waals surface area contributed by atoms with Crippen LogP contribution in [0, 0.1) is 23.4 Å². The van der Waals surface area contributed by atoms with Crippen LogP contribution in [0.1, 0.15) is 74.6 Å². The minimum Gasteiger partial charge on any atom is -0.366 e. The molecule has 1 fully saturated rings. The number of benzene rings is 2. The van der Waals surface area contributed by atoms with Crippen molar-refractivity contribution in [3.63, 3.8) is 0 Å². The Labute approximate surface area is 247 Å². The van der Waals surface area contributed by atoms with Crippen molar-refractivity contribution < 1.29 is 36.3 Å². The first-order valence-corrected chi connectivity index (χ1v) is 13.7.